The predicted molar refractivity (Wildman–Crippen MR) is 136 cm³/mol. The number of pyridine rings is 2. The van der Waals surface area contributed by atoms with E-state index in [9.17, 15) is 14.3 Å². The zero-order valence-electron chi connectivity index (χ0n) is 20.9. The van der Waals surface area contributed by atoms with Gasteiger partial charge < -0.3 is 9.84 Å². The van der Waals surface area contributed by atoms with E-state index in [0.717, 1.165) is 0 Å². The molecule has 0 aliphatic heterocycles. The molecule has 3 heterocycles. The maximum atomic E-state index is 15.7. The first-order valence-electron chi connectivity index (χ1n) is 11.4. The van der Waals surface area contributed by atoms with Crippen LogP contribution >= 0.6 is 11.6 Å². The van der Waals surface area contributed by atoms with Gasteiger partial charge in [-0.3, -0.25) is 14.3 Å². The molecule has 0 radical (unpaired) electrons. The molecule has 0 fully saturated rings. The zero-order chi connectivity index (χ0) is 27.1. The first kappa shape index (κ1) is 26.4. The van der Waals surface area contributed by atoms with E-state index < -0.39 is 22.8 Å². The first-order valence-corrected chi connectivity index (χ1v) is 11.8. The topological polar surface area (TPSA) is 90.1 Å². The molecule has 192 valence electrons. The van der Waals surface area contributed by atoms with Crippen molar-refractivity contribution >= 4 is 11.6 Å². The summed E-state index contributed by atoms with van der Waals surface area (Å²) in [4.78, 5) is 25.5. The SMILES string of the molecule is Cc1cnc(COc2cc(C)c(-n3c(C)c(-c4ccnc(C(C)(C)O)n4)ccc3=O)c(F)c2Cl)c(F)c1. The van der Waals surface area contributed by atoms with Gasteiger partial charge in [-0.1, -0.05) is 11.6 Å². The molecule has 0 spiro atoms. The van der Waals surface area contributed by atoms with E-state index in [1.165, 1.54) is 35.2 Å². The number of aromatic nitrogens is 4. The van der Waals surface area contributed by atoms with Crippen LogP contribution in [0.15, 0.2) is 47.5 Å². The molecule has 0 atom stereocenters. The third-order valence-corrected chi connectivity index (χ3v) is 6.15. The highest BCUT2D eigenvalue weighted by Gasteiger charge is 2.23. The Hall–Kier alpha value is -3.69. The van der Waals surface area contributed by atoms with Crippen molar-refractivity contribution in [3.8, 4) is 22.7 Å². The highest BCUT2D eigenvalue weighted by molar-refractivity contribution is 6.32. The van der Waals surface area contributed by atoms with Crippen LogP contribution in [0, 0.1) is 32.4 Å². The molecule has 1 N–H and O–H groups in total. The molecule has 0 unspecified atom stereocenters. The van der Waals surface area contributed by atoms with Crippen LogP contribution in [-0.2, 0) is 12.2 Å². The van der Waals surface area contributed by atoms with Gasteiger partial charge >= 0.3 is 0 Å². The van der Waals surface area contributed by atoms with Crippen LogP contribution in [-0.4, -0.2) is 24.6 Å². The smallest absolute Gasteiger partial charge is 0.255 e. The molecule has 0 saturated heterocycles. The summed E-state index contributed by atoms with van der Waals surface area (Å²) in [6.07, 6.45) is 3.01. The van der Waals surface area contributed by atoms with E-state index in [1.807, 2.05) is 0 Å². The van der Waals surface area contributed by atoms with Crippen LogP contribution in [0.5, 0.6) is 5.75 Å². The molecule has 37 heavy (non-hydrogen) atoms. The monoisotopic (exact) mass is 526 g/mol. The summed E-state index contributed by atoms with van der Waals surface area (Å²) in [6, 6.07) is 7.34. The average Bonchev–Trinajstić information content (AvgIpc) is 2.83. The normalized spacial score (nSPS) is 11.6. The van der Waals surface area contributed by atoms with Crippen LogP contribution in [0.3, 0.4) is 0 Å². The largest absolute Gasteiger partial charge is 0.485 e. The Morgan fingerprint density at radius 1 is 1.11 bits per heavy atom. The molecule has 10 heteroatoms. The van der Waals surface area contributed by atoms with E-state index >= 15 is 4.39 Å². The summed E-state index contributed by atoms with van der Waals surface area (Å²) in [7, 11) is 0. The number of rotatable bonds is 6. The van der Waals surface area contributed by atoms with E-state index in [2.05, 4.69) is 15.0 Å². The minimum atomic E-state index is -1.28. The highest BCUT2D eigenvalue weighted by atomic mass is 35.5. The zero-order valence-corrected chi connectivity index (χ0v) is 21.7. The quantitative estimate of drug-likeness (QED) is 0.364. The van der Waals surface area contributed by atoms with Crippen molar-refractivity contribution in [2.45, 2.75) is 46.8 Å². The fourth-order valence-corrected chi connectivity index (χ4v) is 4.09. The number of nitrogens with zero attached hydrogens (tertiary/aromatic N) is 4. The van der Waals surface area contributed by atoms with Crippen LogP contribution in [0.25, 0.3) is 16.9 Å². The van der Waals surface area contributed by atoms with Gasteiger partial charge in [0.25, 0.3) is 5.56 Å². The van der Waals surface area contributed by atoms with Gasteiger partial charge in [0.15, 0.2) is 11.6 Å². The van der Waals surface area contributed by atoms with Crippen molar-refractivity contribution in [2.24, 2.45) is 0 Å². The number of hydrogen-bond acceptors (Lipinski definition) is 6. The Kier molecular flexibility index (Phi) is 7.12. The van der Waals surface area contributed by atoms with E-state index in [0.29, 0.717) is 28.1 Å². The molecule has 4 rings (SSSR count). The summed E-state index contributed by atoms with van der Waals surface area (Å²) in [6.45, 7) is 7.86. The minimum absolute atomic E-state index is 0.00494. The maximum Gasteiger partial charge on any atom is 0.255 e. The maximum absolute atomic E-state index is 15.7. The highest BCUT2D eigenvalue weighted by Crippen LogP contribution is 2.35. The standard InChI is InChI=1S/C27H25ClF2N4O3/c1-14-10-18(29)20(32-12-14)13-37-21-11-15(2)25(24(30)23(21)28)34-16(3)17(6-7-22(34)35)19-8-9-31-26(33-19)27(4,5)36/h6-12,36H,13H2,1-5H3. The molecular formula is C27H25ClF2N4O3. The Labute approximate surface area is 217 Å². The van der Waals surface area contributed by atoms with Gasteiger partial charge in [0.2, 0.25) is 0 Å². The lowest BCUT2D eigenvalue weighted by atomic mass is 10.1. The molecule has 4 aromatic rings. The second-order valence-corrected chi connectivity index (χ2v) is 9.61. The van der Waals surface area contributed by atoms with Gasteiger partial charge in [-0.15, -0.1) is 0 Å². The summed E-state index contributed by atoms with van der Waals surface area (Å²) in [5.41, 5.74) is 0.696. The van der Waals surface area contributed by atoms with Gasteiger partial charge in [0, 0.05) is 29.7 Å². The molecule has 0 saturated carbocycles. The summed E-state index contributed by atoms with van der Waals surface area (Å²) in [5, 5.41) is 9.95. The average molecular weight is 527 g/mol. The Morgan fingerprint density at radius 3 is 2.51 bits per heavy atom. The molecule has 7 nitrogen and oxygen atoms in total. The fraction of sp³-hybridized carbons (Fsp3) is 0.259. The first-order chi connectivity index (χ1) is 17.4. The van der Waals surface area contributed by atoms with Gasteiger partial charge in [0.05, 0.1) is 11.4 Å². The molecule has 3 aromatic heterocycles. The van der Waals surface area contributed by atoms with Crippen LogP contribution < -0.4 is 10.3 Å². The Bertz CT molecular complexity index is 1570. The molecular weight excluding hydrogens is 502 g/mol. The Morgan fingerprint density at radius 2 is 1.84 bits per heavy atom. The third kappa shape index (κ3) is 5.23. The van der Waals surface area contributed by atoms with Crippen molar-refractivity contribution in [2.75, 3.05) is 0 Å². The van der Waals surface area contributed by atoms with Gasteiger partial charge in [-0.05, 0) is 70.0 Å². The van der Waals surface area contributed by atoms with Crippen molar-refractivity contribution in [1.82, 2.24) is 19.5 Å². The molecule has 0 aliphatic carbocycles. The predicted octanol–water partition coefficient (Wildman–Crippen LogP) is 5.35. The minimum Gasteiger partial charge on any atom is -0.485 e. The fourth-order valence-electron chi connectivity index (χ4n) is 3.89. The van der Waals surface area contributed by atoms with Crippen LogP contribution in [0.2, 0.25) is 5.02 Å². The van der Waals surface area contributed by atoms with Gasteiger partial charge in [-0.2, -0.15) is 0 Å². The van der Waals surface area contributed by atoms with E-state index in [-0.39, 0.29) is 34.6 Å². The number of ether oxygens (including phenoxy) is 1. The van der Waals surface area contributed by atoms with Crippen molar-refractivity contribution in [3.63, 3.8) is 0 Å². The number of benzene rings is 1. The third-order valence-electron chi connectivity index (χ3n) is 5.80. The summed E-state index contributed by atoms with van der Waals surface area (Å²) in [5.74, 6) is -1.21. The lowest BCUT2D eigenvalue weighted by Gasteiger charge is -2.20. The van der Waals surface area contributed by atoms with Crippen LogP contribution in [0.4, 0.5) is 8.78 Å². The molecule has 0 amide bonds. The lowest BCUT2D eigenvalue weighted by molar-refractivity contribution is 0.0688. The van der Waals surface area contributed by atoms with Crippen molar-refractivity contribution in [1.29, 1.82) is 0 Å². The summed E-state index contributed by atoms with van der Waals surface area (Å²) >= 11 is 6.31. The van der Waals surface area contributed by atoms with E-state index in [1.54, 1.807) is 46.8 Å². The second-order valence-electron chi connectivity index (χ2n) is 9.23. The van der Waals surface area contributed by atoms with Gasteiger partial charge in [-0.25, -0.2) is 18.7 Å². The number of halogens is 3. The van der Waals surface area contributed by atoms with Crippen molar-refractivity contribution in [3.05, 3.63) is 98.1 Å². The number of hydrogen-bond donors (Lipinski definition) is 1. The lowest BCUT2D eigenvalue weighted by Crippen LogP contribution is -2.23. The second kappa shape index (κ2) is 9.99. The molecule has 1 aromatic carbocycles. The van der Waals surface area contributed by atoms with Gasteiger partial charge in [0.1, 0.15) is 34.5 Å². The molecule has 0 aliphatic rings. The van der Waals surface area contributed by atoms with E-state index in [4.69, 9.17) is 16.3 Å². The molecule has 0 bridgehead atoms. The Balaban J connectivity index is 1.77. The van der Waals surface area contributed by atoms with Crippen molar-refractivity contribution < 1.29 is 18.6 Å². The summed E-state index contributed by atoms with van der Waals surface area (Å²) < 4.78 is 36.6. The number of aryl methyl sites for hydroxylation is 2. The van der Waals surface area contributed by atoms with Crippen LogP contribution in [0.1, 0.15) is 42.2 Å². The number of aliphatic hydroxyl groups is 1.